The van der Waals surface area contributed by atoms with Gasteiger partial charge in [-0.05, 0) is 113 Å². The van der Waals surface area contributed by atoms with Gasteiger partial charge in [-0.1, -0.05) is 161 Å². The van der Waals surface area contributed by atoms with Crippen LogP contribution in [0.2, 0.25) is 0 Å². The molecule has 0 saturated carbocycles. The van der Waals surface area contributed by atoms with Crippen LogP contribution in [-0.2, 0) is 32.5 Å². The van der Waals surface area contributed by atoms with Gasteiger partial charge >= 0.3 is 0 Å². The first-order valence-electron chi connectivity index (χ1n) is 23.4. The maximum Gasteiger partial charge on any atom is 0.252 e. The summed E-state index contributed by atoms with van der Waals surface area (Å²) in [5, 5.41) is 5.58. The lowest BCUT2D eigenvalue weighted by atomic mass is 9.34. The Morgan fingerprint density at radius 2 is 0.841 bits per heavy atom. The predicted octanol–water partition coefficient (Wildman–Crippen LogP) is 13.3. The van der Waals surface area contributed by atoms with Crippen molar-refractivity contribution < 1.29 is 0 Å². The van der Waals surface area contributed by atoms with Crippen LogP contribution in [0.1, 0.15) is 158 Å². The van der Waals surface area contributed by atoms with Crippen molar-refractivity contribution in [3.05, 3.63) is 113 Å². The summed E-state index contributed by atoms with van der Waals surface area (Å²) < 4.78 is 5.39. The van der Waals surface area contributed by atoms with Crippen molar-refractivity contribution in [1.82, 2.24) is 19.1 Å². The highest BCUT2D eigenvalue weighted by Gasteiger charge is 2.44. The lowest BCUT2D eigenvalue weighted by Gasteiger charge is -2.35. The van der Waals surface area contributed by atoms with E-state index in [1.165, 1.54) is 105 Å². The molecule has 0 N–H and O–H groups in total. The normalized spacial score (nSPS) is 14.5. The van der Waals surface area contributed by atoms with Crippen molar-refractivity contribution >= 4 is 66.7 Å². The fraction of sp³-hybridized carbons (Fsp3) is 0.414. The zero-order valence-corrected chi connectivity index (χ0v) is 41.4. The van der Waals surface area contributed by atoms with E-state index < -0.39 is 0 Å². The fourth-order valence-corrected chi connectivity index (χ4v) is 11.2. The van der Waals surface area contributed by atoms with Gasteiger partial charge in [0.15, 0.2) is 0 Å². The Kier molecular flexibility index (Phi) is 8.48. The average Bonchev–Trinajstić information content (AvgIpc) is 3.70. The van der Waals surface area contributed by atoms with E-state index in [2.05, 4.69) is 205 Å². The van der Waals surface area contributed by atoms with Gasteiger partial charge < -0.3 is 9.13 Å². The van der Waals surface area contributed by atoms with Crippen LogP contribution in [-0.4, -0.2) is 25.8 Å². The highest BCUT2D eigenvalue weighted by atomic mass is 15.0. The van der Waals surface area contributed by atoms with Gasteiger partial charge in [-0.15, -0.1) is 0 Å². The molecule has 4 nitrogen and oxygen atoms in total. The highest BCUT2D eigenvalue weighted by Crippen LogP contribution is 2.49. The van der Waals surface area contributed by atoms with E-state index in [1.54, 1.807) is 6.33 Å². The van der Waals surface area contributed by atoms with Crippen LogP contribution in [0.25, 0.3) is 66.2 Å². The largest absolute Gasteiger partial charge is 0.310 e. The van der Waals surface area contributed by atoms with Crippen LogP contribution in [0.4, 0.5) is 0 Å². The second-order valence-corrected chi connectivity index (χ2v) is 25.3. The second-order valence-electron chi connectivity index (χ2n) is 25.3. The van der Waals surface area contributed by atoms with E-state index in [1.807, 2.05) is 6.20 Å². The molecule has 0 aliphatic carbocycles. The smallest absolute Gasteiger partial charge is 0.252 e. The summed E-state index contributed by atoms with van der Waals surface area (Å²) in [6, 6.07) is 27.1. The molecule has 0 amide bonds. The third-order valence-electron chi connectivity index (χ3n) is 14.5. The van der Waals surface area contributed by atoms with Gasteiger partial charge in [0.05, 0.1) is 16.7 Å². The molecule has 5 aromatic carbocycles. The topological polar surface area (TPSA) is 35.6 Å². The number of rotatable bonds is 1. The van der Waals surface area contributed by atoms with Crippen molar-refractivity contribution in [2.75, 3.05) is 0 Å². The first-order chi connectivity index (χ1) is 29.1. The minimum absolute atomic E-state index is 0.0245. The second kappa shape index (κ2) is 12.8. The summed E-state index contributed by atoms with van der Waals surface area (Å²) in [5.74, 6) is 0. The van der Waals surface area contributed by atoms with Crippen LogP contribution in [0.3, 0.4) is 0 Å². The molecule has 10 rings (SSSR count). The summed E-state index contributed by atoms with van der Waals surface area (Å²) in [4.78, 5) is 9.33. The van der Waals surface area contributed by atoms with Gasteiger partial charge in [0.25, 0.3) is 6.71 Å². The third-order valence-corrected chi connectivity index (χ3v) is 14.5. The first kappa shape index (κ1) is 41.8. The zero-order chi connectivity index (χ0) is 45.5. The summed E-state index contributed by atoms with van der Waals surface area (Å²) >= 11 is 0. The standard InChI is InChI=1S/C58H67BN4/c1-53(2,3)33-27-37(57(13,14)15)46-42(29-33)62-44-25-32(41-23-24-60-31-61-41)26-45-50(44)59(39-21-19-35(55(7,8)9)48(46)51(39)62)40-22-20-36(56(10,11)12)49-47-38(58(16,17)18)28-34(54(4,5)6)30-43(47)63(45)52(40)49/h19-31H,1-18H3. The molecular weight excluding hydrogens is 763 g/mol. The molecule has 0 atom stereocenters. The summed E-state index contributed by atoms with van der Waals surface area (Å²) in [5.41, 5.74) is 21.9. The van der Waals surface area contributed by atoms with Gasteiger partial charge in [-0.2, -0.15) is 0 Å². The van der Waals surface area contributed by atoms with E-state index in [4.69, 9.17) is 4.98 Å². The van der Waals surface area contributed by atoms with E-state index in [0.29, 0.717) is 0 Å². The summed E-state index contributed by atoms with van der Waals surface area (Å²) in [6.07, 6.45) is 3.58. The Morgan fingerprint density at radius 3 is 1.19 bits per heavy atom. The van der Waals surface area contributed by atoms with E-state index in [9.17, 15) is 0 Å². The first-order valence-corrected chi connectivity index (χ1v) is 23.4. The Balaban J connectivity index is 1.52. The number of hydrogen-bond donors (Lipinski definition) is 0. The molecular formula is C58H67BN4. The number of aromatic nitrogens is 4. The Morgan fingerprint density at radius 1 is 0.429 bits per heavy atom. The van der Waals surface area contributed by atoms with Crippen LogP contribution in [0, 0.1) is 0 Å². The SMILES string of the molecule is CC(C)(C)c1cc(C(C)(C)C)c2c3c(C(C)(C)C)ccc4c3n(c2c1)-c1cc(-c2ccncn2)cc2c1B4c1ccc(C(C)(C)C)c3c4c(C(C)(C)C)cc(C(C)(C)C)cc4n-2c13. The lowest BCUT2D eigenvalue weighted by molar-refractivity contribution is 0.572. The Labute approximate surface area is 376 Å². The summed E-state index contributed by atoms with van der Waals surface area (Å²) in [7, 11) is 0. The monoisotopic (exact) mass is 831 g/mol. The third kappa shape index (κ3) is 6.00. The molecule has 5 heterocycles. The fourth-order valence-electron chi connectivity index (χ4n) is 11.2. The maximum absolute atomic E-state index is 4.95. The molecule has 0 unspecified atom stereocenters. The van der Waals surface area contributed by atoms with Crippen molar-refractivity contribution in [1.29, 1.82) is 0 Å². The van der Waals surface area contributed by atoms with Gasteiger partial charge in [0.2, 0.25) is 0 Å². The molecule has 2 aliphatic heterocycles. The molecule has 0 spiro atoms. The average molecular weight is 831 g/mol. The molecule has 0 saturated heterocycles. The minimum atomic E-state index is -0.0935. The minimum Gasteiger partial charge on any atom is -0.310 e. The van der Waals surface area contributed by atoms with E-state index in [0.717, 1.165) is 11.3 Å². The van der Waals surface area contributed by atoms with Crippen LogP contribution < -0.4 is 16.4 Å². The number of benzene rings is 5. The molecule has 322 valence electrons. The Hall–Kier alpha value is -5.16. The quantitative estimate of drug-likeness (QED) is 0.155. The molecule has 0 radical (unpaired) electrons. The van der Waals surface area contributed by atoms with Crippen LogP contribution in [0.15, 0.2) is 79.3 Å². The number of nitrogens with zero attached hydrogens (tertiary/aromatic N) is 4. The molecule has 8 aromatic rings. The van der Waals surface area contributed by atoms with Crippen molar-refractivity contribution in [3.63, 3.8) is 0 Å². The van der Waals surface area contributed by atoms with E-state index >= 15 is 0 Å². The molecule has 63 heavy (non-hydrogen) atoms. The van der Waals surface area contributed by atoms with Crippen LogP contribution in [0.5, 0.6) is 0 Å². The predicted molar refractivity (Wildman–Crippen MR) is 273 cm³/mol. The number of fused-ring (bicyclic) bond motifs is 10. The molecule has 0 fully saturated rings. The van der Waals surface area contributed by atoms with Gasteiger partial charge in [0, 0.05) is 55.7 Å². The maximum atomic E-state index is 4.95. The van der Waals surface area contributed by atoms with Crippen molar-refractivity contribution in [2.45, 2.75) is 157 Å². The van der Waals surface area contributed by atoms with Gasteiger partial charge in [0.1, 0.15) is 6.33 Å². The lowest BCUT2D eigenvalue weighted by Crippen LogP contribution is -2.59. The Bertz CT molecular complexity index is 3060. The zero-order valence-electron chi connectivity index (χ0n) is 41.4. The highest BCUT2D eigenvalue weighted by molar-refractivity contribution is 7.00. The van der Waals surface area contributed by atoms with Crippen molar-refractivity contribution in [3.8, 4) is 22.6 Å². The summed E-state index contributed by atoms with van der Waals surface area (Å²) in [6.45, 7) is 43.0. The molecule has 3 aromatic heterocycles. The number of hydrogen-bond acceptors (Lipinski definition) is 2. The molecule has 2 aliphatic rings. The molecule has 5 heteroatoms. The van der Waals surface area contributed by atoms with Gasteiger partial charge in [-0.3, -0.25) is 0 Å². The van der Waals surface area contributed by atoms with Crippen molar-refractivity contribution in [2.24, 2.45) is 0 Å². The van der Waals surface area contributed by atoms with E-state index in [-0.39, 0.29) is 39.2 Å². The van der Waals surface area contributed by atoms with Crippen LogP contribution >= 0.6 is 0 Å². The molecule has 0 bridgehead atoms. The van der Waals surface area contributed by atoms with Gasteiger partial charge in [-0.25, -0.2) is 9.97 Å².